The van der Waals surface area contributed by atoms with Crippen molar-refractivity contribution in [3.63, 3.8) is 0 Å². The van der Waals surface area contributed by atoms with Gasteiger partial charge in [0.05, 0.1) is 0 Å². The van der Waals surface area contributed by atoms with Crippen molar-refractivity contribution in [3.05, 3.63) is 59.7 Å². The molecule has 0 amide bonds. The molecule has 0 fully saturated rings. The maximum absolute atomic E-state index is 3.53. The van der Waals surface area contributed by atoms with Crippen LogP contribution in [0, 0.1) is 0 Å². The van der Waals surface area contributed by atoms with Gasteiger partial charge < -0.3 is 5.32 Å². The van der Waals surface area contributed by atoms with Gasteiger partial charge in [0.2, 0.25) is 0 Å². The molecule has 0 bridgehead atoms. The Morgan fingerprint density at radius 1 is 0.950 bits per heavy atom. The van der Waals surface area contributed by atoms with E-state index >= 15 is 0 Å². The van der Waals surface area contributed by atoms with Crippen molar-refractivity contribution >= 4 is 0 Å². The number of hydrogen-bond donors (Lipinski definition) is 1. The van der Waals surface area contributed by atoms with Gasteiger partial charge in [0, 0.05) is 6.04 Å². The van der Waals surface area contributed by atoms with Crippen molar-refractivity contribution < 1.29 is 0 Å². The molecule has 106 valence electrons. The highest BCUT2D eigenvalue weighted by molar-refractivity contribution is 5.64. The van der Waals surface area contributed by atoms with Gasteiger partial charge in [-0.3, -0.25) is 0 Å². The summed E-state index contributed by atoms with van der Waals surface area (Å²) in [4.78, 5) is 0. The van der Waals surface area contributed by atoms with Crippen LogP contribution in [-0.2, 0) is 6.42 Å². The SMILES string of the molecule is CCCNC(C)c1ccc(-c2cccc(CC)c2)cc1. The Kier molecular flexibility index (Phi) is 5.37. The van der Waals surface area contributed by atoms with Gasteiger partial charge >= 0.3 is 0 Å². The molecule has 0 aliphatic carbocycles. The topological polar surface area (TPSA) is 12.0 Å². The van der Waals surface area contributed by atoms with Crippen LogP contribution in [0.2, 0.25) is 0 Å². The van der Waals surface area contributed by atoms with Gasteiger partial charge in [-0.25, -0.2) is 0 Å². The molecule has 2 aromatic rings. The molecular weight excluding hydrogens is 242 g/mol. The van der Waals surface area contributed by atoms with E-state index in [0.29, 0.717) is 6.04 Å². The minimum atomic E-state index is 0.422. The molecule has 1 N–H and O–H groups in total. The smallest absolute Gasteiger partial charge is 0.0291 e. The molecule has 0 aliphatic rings. The van der Waals surface area contributed by atoms with Gasteiger partial charge in [0.1, 0.15) is 0 Å². The molecule has 0 saturated carbocycles. The van der Waals surface area contributed by atoms with Gasteiger partial charge in [-0.05, 0) is 48.6 Å². The van der Waals surface area contributed by atoms with E-state index in [1.54, 1.807) is 0 Å². The zero-order chi connectivity index (χ0) is 14.4. The number of benzene rings is 2. The minimum absolute atomic E-state index is 0.422. The quantitative estimate of drug-likeness (QED) is 0.778. The van der Waals surface area contributed by atoms with E-state index in [4.69, 9.17) is 0 Å². The molecule has 0 spiro atoms. The highest BCUT2D eigenvalue weighted by Crippen LogP contribution is 2.23. The first-order valence-corrected chi connectivity index (χ1v) is 7.67. The maximum Gasteiger partial charge on any atom is 0.0291 e. The molecule has 2 rings (SSSR count). The van der Waals surface area contributed by atoms with Crippen molar-refractivity contribution in [2.75, 3.05) is 6.54 Å². The van der Waals surface area contributed by atoms with Gasteiger partial charge in [0.15, 0.2) is 0 Å². The van der Waals surface area contributed by atoms with E-state index in [1.807, 2.05) is 0 Å². The second-order valence-electron chi connectivity index (χ2n) is 5.35. The lowest BCUT2D eigenvalue weighted by molar-refractivity contribution is 0.571. The van der Waals surface area contributed by atoms with E-state index in [9.17, 15) is 0 Å². The summed E-state index contributed by atoms with van der Waals surface area (Å²) in [6.07, 6.45) is 2.26. The monoisotopic (exact) mass is 267 g/mol. The summed E-state index contributed by atoms with van der Waals surface area (Å²) in [6.45, 7) is 7.69. The van der Waals surface area contributed by atoms with Crippen molar-refractivity contribution in [1.82, 2.24) is 5.32 Å². The van der Waals surface area contributed by atoms with Gasteiger partial charge in [0.25, 0.3) is 0 Å². The van der Waals surface area contributed by atoms with E-state index in [0.717, 1.165) is 13.0 Å². The van der Waals surface area contributed by atoms with Crippen molar-refractivity contribution in [1.29, 1.82) is 0 Å². The predicted molar refractivity (Wildman–Crippen MR) is 88.0 cm³/mol. The fraction of sp³-hybridized carbons (Fsp3) is 0.368. The number of nitrogens with one attached hydrogen (secondary N) is 1. The van der Waals surface area contributed by atoms with Gasteiger partial charge in [-0.2, -0.15) is 0 Å². The number of hydrogen-bond acceptors (Lipinski definition) is 1. The third-order valence-corrected chi connectivity index (χ3v) is 3.78. The highest BCUT2D eigenvalue weighted by atomic mass is 14.9. The Morgan fingerprint density at radius 3 is 2.35 bits per heavy atom. The molecule has 2 aromatic carbocycles. The van der Waals surface area contributed by atoms with Gasteiger partial charge in [-0.1, -0.05) is 62.4 Å². The normalized spacial score (nSPS) is 12.3. The Labute approximate surface area is 123 Å². The number of aryl methyl sites for hydroxylation is 1. The first-order chi connectivity index (χ1) is 9.74. The Hall–Kier alpha value is -1.60. The van der Waals surface area contributed by atoms with Crippen LogP contribution >= 0.6 is 0 Å². The minimum Gasteiger partial charge on any atom is -0.310 e. The third kappa shape index (κ3) is 3.71. The summed E-state index contributed by atoms with van der Waals surface area (Å²) < 4.78 is 0. The van der Waals surface area contributed by atoms with Crippen molar-refractivity contribution in [3.8, 4) is 11.1 Å². The summed E-state index contributed by atoms with van der Waals surface area (Å²) >= 11 is 0. The lowest BCUT2D eigenvalue weighted by Crippen LogP contribution is -2.19. The molecule has 0 aliphatic heterocycles. The lowest BCUT2D eigenvalue weighted by atomic mass is 9.99. The van der Waals surface area contributed by atoms with Crippen LogP contribution in [0.15, 0.2) is 48.5 Å². The van der Waals surface area contributed by atoms with Crippen LogP contribution in [0.5, 0.6) is 0 Å². The molecule has 0 saturated heterocycles. The average Bonchev–Trinajstić information content (AvgIpc) is 2.52. The second kappa shape index (κ2) is 7.25. The Balaban J connectivity index is 2.14. The van der Waals surface area contributed by atoms with Gasteiger partial charge in [-0.15, -0.1) is 0 Å². The maximum atomic E-state index is 3.53. The van der Waals surface area contributed by atoms with Crippen molar-refractivity contribution in [2.24, 2.45) is 0 Å². The van der Waals surface area contributed by atoms with E-state index in [2.05, 4.69) is 74.6 Å². The van der Waals surface area contributed by atoms with Crippen molar-refractivity contribution in [2.45, 2.75) is 39.7 Å². The molecule has 0 radical (unpaired) electrons. The summed E-state index contributed by atoms with van der Waals surface area (Å²) in [5.41, 5.74) is 5.36. The van der Waals surface area contributed by atoms with E-state index in [1.165, 1.54) is 28.7 Å². The average molecular weight is 267 g/mol. The van der Waals surface area contributed by atoms with E-state index in [-0.39, 0.29) is 0 Å². The van der Waals surface area contributed by atoms with Crippen LogP contribution < -0.4 is 5.32 Å². The van der Waals surface area contributed by atoms with Crippen LogP contribution in [0.1, 0.15) is 44.4 Å². The van der Waals surface area contributed by atoms with E-state index < -0.39 is 0 Å². The predicted octanol–water partition coefficient (Wildman–Crippen LogP) is 4.98. The molecule has 0 heterocycles. The summed E-state index contributed by atoms with van der Waals surface area (Å²) in [6, 6.07) is 18.2. The first-order valence-electron chi connectivity index (χ1n) is 7.67. The van der Waals surface area contributed by atoms with Crippen LogP contribution in [0.4, 0.5) is 0 Å². The summed E-state index contributed by atoms with van der Waals surface area (Å²) in [5.74, 6) is 0. The molecule has 1 nitrogen and oxygen atoms in total. The van der Waals surface area contributed by atoms with Crippen LogP contribution in [0.25, 0.3) is 11.1 Å². The van der Waals surface area contributed by atoms with Crippen LogP contribution in [-0.4, -0.2) is 6.54 Å². The Morgan fingerprint density at radius 2 is 1.70 bits per heavy atom. The Bertz CT molecular complexity index is 528. The molecule has 1 unspecified atom stereocenters. The zero-order valence-corrected chi connectivity index (χ0v) is 12.8. The van der Waals surface area contributed by atoms with Crippen LogP contribution in [0.3, 0.4) is 0 Å². The summed E-state index contributed by atoms with van der Waals surface area (Å²) in [7, 11) is 0. The molecule has 1 heteroatoms. The summed E-state index contributed by atoms with van der Waals surface area (Å²) in [5, 5.41) is 3.53. The molecule has 20 heavy (non-hydrogen) atoms. The lowest BCUT2D eigenvalue weighted by Gasteiger charge is -2.14. The second-order valence-corrected chi connectivity index (χ2v) is 5.35. The fourth-order valence-electron chi connectivity index (χ4n) is 2.41. The fourth-order valence-corrected chi connectivity index (χ4v) is 2.41. The highest BCUT2D eigenvalue weighted by Gasteiger charge is 2.04. The third-order valence-electron chi connectivity index (χ3n) is 3.78. The molecule has 0 aromatic heterocycles. The largest absolute Gasteiger partial charge is 0.310 e. The zero-order valence-electron chi connectivity index (χ0n) is 12.8. The molecular formula is C19H25N. The standard InChI is InChI=1S/C19H25N/c1-4-13-20-15(3)17-9-11-18(12-10-17)19-8-6-7-16(5-2)14-19/h6-12,14-15,20H,4-5,13H2,1-3H3. The first kappa shape index (κ1) is 14.8. The number of rotatable bonds is 6. The molecule has 1 atom stereocenters.